The first-order valence-corrected chi connectivity index (χ1v) is 18.0. The zero-order valence-electron chi connectivity index (χ0n) is 30.0. The Morgan fingerprint density at radius 1 is 1.17 bits per heavy atom. The van der Waals surface area contributed by atoms with Crippen molar-refractivity contribution >= 4 is 11.9 Å². The summed E-state index contributed by atoms with van der Waals surface area (Å²) in [6, 6.07) is -0.246. The number of tetrazole rings is 1. The molecule has 0 aromatic carbocycles. The van der Waals surface area contributed by atoms with E-state index in [0.29, 0.717) is 37.9 Å². The van der Waals surface area contributed by atoms with Gasteiger partial charge in [0, 0.05) is 17.6 Å². The number of allylic oxidation sites excluding steroid dienone is 1. The van der Waals surface area contributed by atoms with Crippen LogP contribution in [0.1, 0.15) is 106 Å². The van der Waals surface area contributed by atoms with Crippen molar-refractivity contribution < 1.29 is 24.5 Å². The first-order chi connectivity index (χ1) is 21.9. The highest BCUT2D eigenvalue weighted by atomic mass is 16.5. The Hall–Kier alpha value is -2.08. The summed E-state index contributed by atoms with van der Waals surface area (Å²) in [7, 11) is 0. The van der Waals surface area contributed by atoms with Crippen LogP contribution in [0.3, 0.4) is 0 Å². The fraction of sp³-hybridized carbons (Fsp3) is 0.889. The molecule has 1 unspecified atom stereocenters. The van der Waals surface area contributed by atoms with Crippen LogP contribution in [-0.4, -0.2) is 74.5 Å². The third-order valence-electron chi connectivity index (χ3n) is 15.0. The van der Waals surface area contributed by atoms with Crippen LogP contribution in [0.4, 0.5) is 5.95 Å². The SMILES string of the molecule is CC(C)[C@@H](C)[C@@]1(C)CC[C@]2(C)[C@H]3CC[C@@H]4[C@@]5(C)COC[C@@]4(C3=CC[C@@]2(C)[C@@H]1C(=O)O)[C@@H](OCC(C)(N)CCO)[C@H](n1nnc(N)n1)C5. The van der Waals surface area contributed by atoms with Gasteiger partial charge >= 0.3 is 5.97 Å². The number of nitrogens with two attached hydrogens (primary N) is 2. The van der Waals surface area contributed by atoms with Crippen LogP contribution >= 0.6 is 0 Å². The van der Waals surface area contributed by atoms with Gasteiger partial charge in [0.05, 0.1) is 31.8 Å². The van der Waals surface area contributed by atoms with Crippen LogP contribution in [-0.2, 0) is 14.3 Å². The number of carboxylic acids is 1. The molecule has 0 spiro atoms. The number of aliphatic hydroxyl groups excluding tert-OH is 1. The largest absolute Gasteiger partial charge is 0.481 e. The highest BCUT2D eigenvalue weighted by Crippen LogP contribution is 2.75. The smallest absolute Gasteiger partial charge is 0.307 e. The fourth-order valence-electron chi connectivity index (χ4n) is 12.1. The van der Waals surface area contributed by atoms with E-state index in [-0.39, 0.29) is 59.4 Å². The molecule has 264 valence electrons. The van der Waals surface area contributed by atoms with Gasteiger partial charge in [-0.1, -0.05) is 65.2 Å². The Labute approximate surface area is 280 Å². The van der Waals surface area contributed by atoms with E-state index in [0.717, 1.165) is 32.1 Å². The number of carbonyl (C=O) groups is 1. The number of rotatable bonds is 9. The van der Waals surface area contributed by atoms with Crippen LogP contribution in [0.5, 0.6) is 0 Å². The lowest BCUT2D eigenvalue weighted by molar-refractivity contribution is -0.255. The number of nitrogen functional groups attached to an aromatic ring is 1. The molecule has 5 aliphatic rings. The van der Waals surface area contributed by atoms with Crippen molar-refractivity contribution in [1.29, 1.82) is 0 Å². The van der Waals surface area contributed by atoms with E-state index in [1.54, 1.807) is 4.80 Å². The van der Waals surface area contributed by atoms with Gasteiger partial charge in [-0.05, 0) is 102 Å². The molecule has 4 aliphatic carbocycles. The van der Waals surface area contributed by atoms with Crippen molar-refractivity contribution in [1.82, 2.24) is 20.2 Å². The third kappa shape index (κ3) is 4.95. The van der Waals surface area contributed by atoms with Crippen LogP contribution in [0, 0.1) is 56.7 Å². The van der Waals surface area contributed by atoms with Crippen molar-refractivity contribution in [2.45, 2.75) is 118 Å². The Morgan fingerprint density at radius 3 is 2.51 bits per heavy atom. The maximum absolute atomic E-state index is 13.5. The number of aliphatic carboxylic acids is 1. The van der Waals surface area contributed by atoms with Gasteiger partial charge in [-0.3, -0.25) is 4.79 Å². The molecule has 0 amide bonds. The molecule has 6 rings (SSSR count). The van der Waals surface area contributed by atoms with Gasteiger partial charge in [-0.25, -0.2) is 0 Å². The van der Waals surface area contributed by atoms with Gasteiger partial charge in [0.1, 0.15) is 6.04 Å². The van der Waals surface area contributed by atoms with E-state index in [2.05, 4.69) is 70.0 Å². The molecule has 1 aliphatic heterocycles. The lowest BCUT2D eigenvalue weighted by atomic mass is 9.34. The number of aliphatic hydroxyl groups is 1. The summed E-state index contributed by atoms with van der Waals surface area (Å²) in [4.78, 5) is 15.1. The van der Waals surface area contributed by atoms with E-state index in [1.807, 2.05) is 6.92 Å². The van der Waals surface area contributed by atoms with Gasteiger partial charge in [0.25, 0.3) is 5.95 Å². The maximum atomic E-state index is 13.5. The second-order valence-electron chi connectivity index (χ2n) is 18.0. The van der Waals surface area contributed by atoms with E-state index in [1.165, 1.54) is 5.57 Å². The Morgan fingerprint density at radius 2 is 1.89 bits per heavy atom. The van der Waals surface area contributed by atoms with Gasteiger partial charge in [0.15, 0.2) is 0 Å². The van der Waals surface area contributed by atoms with E-state index in [4.69, 9.17) is 20.9 Å². The summed E-state index contributed by atoms with van der Waals surface area (Å²) in [5.41, 5.74) is 11.7. The molecule has 4 fully saturated rings. The summed E-state index contributed by atoms with van der Waals surface area (Å²) < 4.78 is 13.7. The zero-order chi connectivity index (χ0) is 34.4. The predicted molar refractivity (Wildman–Crippen MR) is 179 cm³/mol. The molecule has 47 heavy (non-hydrogen) atoms. The average Bonchev–Trinajstić information content (AvgIpc) is 3.42. The summed E-state index contributed by atoms with van der Waals surface area (Å²) in [6.07, 6.45) is 7.82. The van der Waals surface area contributed by atoms with E-state index >= 15 is 0 Å². The Kier molecular flexibility index (Phi) is 8.50. The van der Waals surface area contributed by atoms with Crippen molar-refractivity contribution in [3.63, 3.8) is 0 Å². The summed E-state index contributed by atoms with van der Waals surface area (Å²) in [5.74, 6) is 0.161. The van der Waals surface area contributed by atoms with Crippen LogP contribution in [0.25, 0.3) is 0 Å². The first-order valence-electron chi connectivity index (χ1n) is 18.0. The molecule has 11 nitrogen and oxygen atoms in total. The molecule has 2 bridgehead atoms. The van der Waals surface area contributed by atoms with Crippen molar-refractivity contribution in [3.8, 4) is 0 Å². The lowest BCUT2D eigenvalue weighted by Gasteiger charge is -2.71. The summed E-state index contributed by atoms with van der Waals surface area (Å²) in [6.45, 7) is 19.3. The minimum atomic E-state index is -0.730. The molecule has 11 heteroatoms. The quantitative estimate of drug-likeness (QED) is 0.269. The third-order valence-corrected chi connectivity index (χ3v) is 15.0. The van der Waals surface area contributed by atoms with E-state index < -0.39 is 28.3 Å². The van der Waals surface area contributed by atoms with Gasteiger partial charge in [0.2, 0.25) is 0 Å². The zero-order valence-corrected chi connectivity index (χ0v) is 30.0. The number of hydrogen-bond acceptors (Lipinski definition) is 9. The first kappa shape index (κ1) is 34.8. The number of carboxylic acid groups (broad SMARTS) is 1. The summed E-state index contributed by atoms with van der Waals surface area (Å²) in [5, 5.41) is 33.8. The predicted octanol–water partition coefficient (Wildman–Crippen LogP) is 4.87. The molecule has 1 aromatic rings. The molecule has 3 saturated carbocycles. The molecule has 1 saturated heterocycles. The second kappa shape index (κ2) is 11.5. The molecule has 12 atom stereocenters. The van der Waals surface area contributed by atoms with E-state index in [9.17, 15) is 15.0 Å². The number of aromatic nitrogens is 4. The van der Waals surface area contributed by atoms with Crippen molar-refractivity contribution in [2.24, 2.45) is 62.4 Å². The second-order valence-corrected chi connectivity index (χ2v) is 18.0. The Bertz CT molecular complexity index is 1400. The number of fused-ring (bicyclic) bond motifs is 3. The highest BCUT2D eigenvalue weighted by molar-refractivity contribution is 5.73. The molecular weight excluding hydrogens is 596 g/mol. The maximum Gasteiger partial charge on any atom is 0.307 e. The number of anilines is 1. The average molecular weight is 657 g/mol. The van der Waals surface area contributed by atoms with Gasteiger partial charge < -0.3 is 31.2 Å². The normalized spacial score (nSPS) is 44.8. The molecule has 2 heterocycles. The molecule has 6 N–H and O–H groups in total. The number of ether oxygens (including phenoxy) is 2. The van der Waals surface area contributed by atoms with Crippen molar-refractivity contribution in [2.75, 3.05) is 32.2 Å². The van der Waals surface area contributed by atoms with Gasteiger partial charge in [-0.15, -0.1) is 5.10 Å². The van der Waals surface area contributed by atoms with Crippen molar-refractivity contribution in [3.05, 3.63) is 11.6 Å². The topological polar surface area (TPSA) is 172 Å². The molecule has 0 radical (unpaired) electrons. The minimum absolute atomic E-state index is 0.0240. The molecular formula is C36H60N6O5. The van der Waals surface area contributed by atoms with Crippen LogP contribution in [0.15, 0.2) is 11.6 Å². The minimum Gasteiger partial charge on any atom is -0.481 e. The molecule has 1 aromatic heterocycles. The number of nitrogens with zero attached hydrogens (tertiary/aromatic N) is 4. The standard InChI is InChI=1S/C36H60N6O5/c1-21(2)22(3)33(6)13-14-34(7)23-9-10-26-31(4)17-25(42-40-30(37)39-41-42)28(47-19-32(5,38)15-16-43)36(26,20-46-18-31)24(23)11-12-35(34,8)27(33)29(44)45/h11,21-23,25-28,43H,9-10,12-20,38H2,1-8H3,(H2,37,40)(H,44,45)/t22-,23+,25-,26-,27-,28+,31-,32?,33-,34-,35+,36+/m1/s1. The summed E-state index contributed by atoms with van der Waals surface area (Å²) >= 11 is 0. The fourth-order valence-corrected chi connectivity index (χ4v) is 12.1. The van der Waals surface area contributed by atoms with Gasteiger partial charge in [-0.2, -0.15) is 4.80 Å². The highest BCUT2D eigenvalue weighted by Gasteiger charge is 2.72. The van der Waals surface area contributed by atoms with Crippen LogP contribution in [0.2, 0.25) is 0 Å². The van der Waals surface area contributed by atoms with Crippen LogP contribution < -0.4 is 11.5 Å². The lowest BCUT2D eigenvalue weighted by Crippen LogP contribution is -2.70. The number of hydrogen-bond donors (Lipinski definition) is 4. The Balaban J connectivity index is 1.50. The monoisotopic (exact) mass is 656 g/mol.